The number of piperazine rings is 1. The molecule has 10 heteroatoms. The highest BCUT2D eigenvalue weighted by molar-refractivity contribution is 9.10. The number of halogens is 1. The molecule has 1 saturated heterocycles. The number of methoxy groups -OCH3 is 2. The molecule has 1 aliphatic heterocycles. The van der Waals surface area contributed by atoms with E-state index in [0.717, 1.165) is 40.2 Å². The predicted octanol–water partition coefficient (Wildman–Crippen LogP) is 6.20. The number of hydrogen-bond donors (Lipinski definition) is 0. The Morgan fingerprint density at radius 1 is 0.867 bits per heavy atom. The van der Waals surface area contributed by atoms with Crippen molar-refractivity contribution in [3.63, 3.8) is 0 Å². The molecular formula is C35H37BrN4O5. The number of aromatic nitrogens is 1. The number of benzene rings is 3. The van der Waals surface area contributed by atoms with Gasteiger partial charge in [0.1, 0.15) is 28.4 Å². The van der Waals surface area contributed by atoms with Gasteiger partial charge in [0.15, 0.2) is 6.29 Å². The average Bonchev–Trinajstić information content (AvgIpc) is 3.08. The summed E-state index contributed by atoms with van der Waals surface area (Å²) in [5.41, 5.74) is 4.29. The summed E-state index contributed by atoms with van der Waals surface area (Å²) >= 11 is 3.39. The van der Waals surface area contributed by atoms with Crippen LogP contribution in [-0.2, 0) is 24.4 Å². The number of aldehydes is 1. The van der Waals surface area contributed by atoms with E-state index in [9.17, 15) is 9.59 Å². The van der Waals surface area contributed by atoms with Crippen molar-refractivity contribution in [2.75, 3.05) is 45.3 Å². The monoisotopic (exact) mass is 672 g/mol. The van der Waals surface area contributed by atoms with Crippen LogP contribution in [-0.4, -0.2) is 73.6 Å². The maximum Gasteiger partial charge on any atom is 0.410 e. The summed E-state index contributed by atoms with van der Waals surface area (Å²) < 4.78 is 17.0. The molecule has 0 aliphatic carbocycles. The minimum Gasteiger partial charge on any atom is -0.497 e. The van der Waals surface area contributed by atoms with Crippen molar-refractivity contribution in [1.82, 2.24) is 14.8 Å². The SMILES string of the molecule is COc1ccc(CN(Cc2ccc(OC)cc2)CC2CN(C(=O)OCc3ccccc3)CCN2c2ccc(Br)nc2C=O)cc1. The number of ether oxygens (including phenoxy) is 3. The van der Waals surface area contributed by atoms with Crippen LogP contribution in [0, 0.1) is 0 Å². The highest BCUT2D eigenvalue weighted by Crippen LogP contribution is 2.27. The zero-order valence-corrected chi connectivity index (χ0v) is 27.1. The summed E-state index contributed by atoms with van der Waals surface area (Å²) in [4.78, 5) is 36.1. The first-order chi connectivity index (χ1) is 21.9. The first-order valence-electron chi connectivity index (χ1n) is 14.8. The van der Waals surface area contributed by atoms with Crippen LogP contribution < -0.4 is 14.4 Å². The largest absolute Gasteiger partial charge is 0.497 e. The molecule has 1 aromatic heterocycles. The Kier molecular flexibility index (Phi) is 11.1. The van der Waals surface area contributed by atoms with Gasteiger partial charge in [-0.3, -0.25) is 9.69 Å². The maximum absolute atomic E-state index is 13.3. The molecule has 1 fully saturated rings. The zero-order chi connectivity index (χ0) is 31.6. The van der Waals surface area contributed by atoms with Gasteiger partial charge < -0.3 is 24.0 Å². The lowest BCUT2D eigenvalue weighted by atomic mass is 10.1. The first kappa shape index (κ1) is 32.0. The Balaban J connectivity index is 1.41. The second-order valence-corrected chi connectivity index (χ2v) is 11.7. The van der Waals surface area contributed by atoms with Gasteiger partial charge in [-0.25, -0.2) is 9.78 Å². The van der Waals surface area contributed by atoms with Crippen molar-refractivity contribution in [3.8, 4) is 11.5 Å². The molecule has 0 N–H and O–H groups in total. The van der Waals surface area contributed by atoms with Crippen molar-refractivity contribution < 1.29 is 23.8 Å². The topological polar surface area (TPSA) is 84.4 Å². The number of hydrogen-bond acceptors (Lipinski definition) is 8. The van der Waals surface area contributed by atoms with Gasteiger partial charge in [-0.15, -0.1) is 0 Å². The predicted molar refractivity (Wildman–Crippen MR) is 177 cm³/mol. The molecule has 4 aromatic rings. The van der Waals surface area contributed by atoms with Gasteiger partial charge in [0, 0.05) is 39.3 Å². The summed E-state index contributed by atoms with van der Waals surface area (Å²) in [6.45, 7) is 3.54. The molecule has 0 saturated carbocycles. The standard InChI is InChI=1S/C35H37BrN4O5/c1-43-30-12-8-26(9-13-30)20-38(21-27-10-14-31(44-2)15-11-27)22-29-23-39(35(42)45-25-28-6-4-3-5-7-28)18-19-40(29)33-16-17-34(36)37-32(33)24-41/h3-17,24,29H,18-23,25H2,1-2H3. The summed E-state index contributed by atoms with van der Waals surface area (Å²) in [6, 6.07) is 29.4. The summed E-state index contributed by atoms with van der Waals surface area (Å²) in [5.74, 6) is 1.60. The van der Waals surface area contributed by atoms with Gasteiger partial charge in [-0.05, 0) is 69.0 Å². The van der Waals surface area contributed by atoms with E-state index < -0.39 is 0 Å². The molecular weight excluding hydrogens is 636 g/mol. The Hall–Kier alpha value is -4.41. The quantitative estimate of drug-likeness (QED) is 0.130. The van der Waals surface area contributed by atoms with Gasteiger partial charge in [0.25, 0.3) is 0 Å². The number of rotatable bonds is 12. The second kappa shape index (κ2) is 15.5. The van der Waals surface area contributed by atoms with Crippen LogP contribution in [0.4, 0.5) is 10.5 Å². The Bertz CT molecular complexity index is 1500. The van der Waals surface area contributed by atoms with E-state index in [1.165, 1.54) is 0 Å². The van der Waals surface area contributed by atoms with Crippen LogP contribution in [0.15, 0.2) is 95.6 Å². The lowest BCUT2D eigenvalue weighted by Gasteiger charge is -2.44. The molecule has 1 aliphatic rings. The second-order valence-electron chi connectivity index (χ2n) is 10.9. The Labute approximate surface area is 272 Å². The molecule has 1 unspecified atom stereocenters. The summed E-state index contributed by atoms with van der Waals surface area (Å²) in [5, 5.41) is 0. The zero-order valence-electron chi connectivity index (χ0n) is 25.5. The van der Waals surface area contributed by atoms with Crippen LogP contribution in [0.1, 0.15) is 27.2 Å². The minimum absolute atomic E-state index is 0.152. The normalized spacial score (nSPS) is 14.7. The number of carbonyl (C=O) groups excluding carboxylic acids is 2. The van der Waals surface area contributed by atoms with Gasteiger partial charge >= 0.3 is 6.09 Å². The van der Waals surface area contributed by atoms with Gasteiger partial charge in [0.05, 0.1) is 25.9 Å². The molecule has 3 aromatic carbocycles. The first-order valence-corrected chi connectivity index (χ1v) is 15.6. The molecule has 5 rings (SSSR count). The number of anilines is 1. The van der Waals surface area contributed by atoms with Crippen molar-refractivity contribution in [2.24, 2.45) is 0 Å². The van der Waals surface area contributed by atoms with E-state index in [2.05, 4.69) is 55.0 Å². The average molecular weight is 674 g/mol. The van der Waals surface area contributed by atoms with Crippen LogP contribution in [0.3, 0.4) is 0 Å². The summed E-state index contributed by atoms with van der Waals surface area (Å²) in [7, 11) is 3.31. The third kappa shape index (κ3) is 8.61. The van der Waals surface area contributed by atoms with E-state index in [4.69, 9.17) is 14.2 Å². The highest BCUT2D eigenvalue weighted by atomic mass is 79.9. The van der Waals surface area contributed by atoms with Gasteiger partial charge in [-0.2, -0.15) is 0 Å². The fourth-order valence-electron chi connectivity index (χ4n) is 5.54. The highest BCUT2D eigenvalue weighted by Gasteiger charge is 2.33. The smallest absolute Gasteiger partial charge is 0.410 e. The molecule has 2 heterocycles. The lowest BCUT2D eigenvalue weighted by Crippen LogP contribution is -2.58. The number of carbonyl (C=O) groups is 2. The number of nitrogens with zero attached hydrogens (tertiary/aromatic N) is 4. The van der Waals surface area contributed by atoms with Crippen LogP contribution in [0.2, 0.25) is 0 Å². The van der Waals surface area contributed by atoms with Crippen molar-refractivity contribution in [3.05, 3.63) is 118 Å². The van der Waals surface area contributed by atoms with Crippen molar-refractivity contribution in [1.29, 1.82) is 0 Å². The van der Waals surface area contributed by atoms with Gasteiger partial charge in [0.2, 0.25) is 0 Å². The van der Waals surface area contributed by atoms with E-state index in [1.54, 1.807) is 19.1 Å². The fourth-order valence-corrected chi connectivity index (χ4v) is 5.86. The number of pyridine rings is 1. The molecule has 45 heavy (non-hydrogen) atoms. The van der Waals surface area contributed by atoms with Crippen LogP contribution >= 0.6 is 15.9 Å². The van der Waals surface area contributed by atoms with Crippen LogP contribution in [0.25, 0.3) is 0 Å². The van der Waals surface area contributed by atoms with E-state index in [1.807, 2.05) is 66.7 Å². The van der Waals surface area contributed by atoms with Crippen molar-refractivity contribution in [2.45, 2.75) is 25.7 Å². The lowest BCUT2D eigenvalue weighted by molar-refractivity contribution is 0.0845. The van der Waals surface area contributed by atoms with Crippen molar-refractivity contribution >= 4 is 34.0 Å². The fraction of sp³-hybridized carbons (Fsp3) is 0.286. The summed E-state index contributed by atoms with van der Waals surface area (Å²) in [6.07, 6.45) is 0.425. The Morgan fingerprint density at radius 2 is 1.49 bits per heavy atom. The Morgan fingerprint density at radius 3 is 2.07 bits per heavy atom. The van der Waals surface area contributed by atoms with Gasteiger partial charge in [-0.1, -0.05) is 54.6 Å². The van der Waals surface area contributed by atoms with E-state index in [0.29, 0.717) is 49.6 Å². The van der Waals surface area contributed by atoms with Crippen LogP contribution in [0.5, 0.6) is 11.5 Å². The third-order valence-corrected chi connectivity index (χ3v) is 8.28. The minimum atomic E-state index is -0.357. The third-order valence-electron chi connectivity index (χ3n) is 7.83. The molecule has 0 spiro atoms. The molecule has 9 nitrogen and oxygen atoms in total. The maximum atomic E-state index is 13.3. The molecule has 0 radical (unpaired) electrons. The van der Waals surface area contributed by atoms with E-state index >= 15 is 0 Å². The molecule has 234 valence electrons. The molecule has 1 amide bonds. The van der Waals surface area contributed by atoms with E-state index in [-0.39, 0.29) is 18.7 Å². The molecule has 1 atom stereocenters. The number of amides is 1. The molecule has 0 bridgehead atoms.